The first kappa shape index (κ1) is 18.7. The summed E-state index contributed by atoms with van der Waals surface area (Å²) in [5.74, 6) is -0.00746. The first-order chi connectivity index (χ1) is 12.1. The van der Waals surface area contributed by atoms with Crippen LogP contribution in [0.15, 0.2) is 24.3 Å². The van der Waals surface area contributed by atoms with Crippen LogP contribution in [-0.4, -0.2) is 48.5 Å². The molecule has 26 heavy (non-hydrogen) atoms. The number of carbonyl (C=O) groups excluding carboxylic acids is 1. The highest BCUT2D eigenvalue weighted by Crippen LogP contribution is 2.36. The van der Waals surface area contributed by atoms with Crippen molar-refractivity contribution in [3.05, 3.63) is 24.3 Å². The van der Waals surface area contributed by atoms with Gasteiger partial charge < -0.3 is 24.6 Å². The first-order valence-electron chi connectivity index (χ1n) is 8.82. The molecule has 8 heteroatoms. The van der Waals surface area contributed by atoms with Crippen LogP contribution in [0.3, 0.4) is 0 Å². The Morgan fingerprint density at radius 2 is 1.81 bits per heavy atom. The zero-order chi connectivity index (χ0) is 19.1. The molecule has 2 aliphatic heterocycles. The number of nitrogens with one attached hydrogen (secondary N) is 1. The van der Waals surface area contributed by atoms with Crippen LogP contribution in [0, 0.1) is 5.92 Å². The molecule has 1 atom stereocenters. The Morgan fingerprint density at radius 1 is 1.23 bits per heavy atom. The molecule has 0 saturated carbocycles. The summed E-state index contributed by atoms with van der Waals surface area (Å²) >= 11 is 0. The van der Waals surface area contributed by atoms with Crippen molar-refractivity contribution in [1.82, 2.24) is 5.32 Å². The molecule has 3 rings (SSSR count). The van der Waals surface area contributed by atoms with E-state index in [1.165, 1.54) is 0 Å². The number of anilines is 1. The second-order valence-electron chi connectivity index (χ2n) is 7.94. The summed E-state index contributed by atoms with van der Waals surface area (Å²) in [5.41, 5.74) is 0.910. The minimum absolute atomic E-state index is 0.00516. The molecule has 0 aliphatic carbocycles. The van der Waals surface area contributed by atoms with Gasteiger partial charge in [0.25, 0.3) is 0 Å². The van der Waals surface area contributed by atoms with Gasteiger partial charge >= 0.3 is 13.2 Å². The van der Waals surface area contributed by atoms with E-state index >= 15 is 0 Å². The highest BCUT2D eigenvalue weighted by atomic mass is 16.7. The minimum atomic E-state index is -1.07. The summed E-state index contributed by atoms with van der Waals surface area (Å²) in [7, 11) is -0.434. The Bertz CT molecular complexity index is 688. The highest BCUT2D eigenvalue weighted by Gasteiger charge is 2.51. The van der Waals surface area contributed by atoms with Crippen molar-refractivity contribution in [1.29, 1.82) is 0 Å². The second kappa shape index (κ2) is 6.59. The van der Waals surface area contributed by atoms with Crippen molar-refractivity contribution in [3.63, 3.8) is 0 Å². The summed E-state index contributed by atoms with van der Waals surface area (Å²) < 4.78 is 12.1. The molecule has 0 radical (unpaired) electrons. The molecule has 2 saturated heterocycles. The Balaban J connectivity index is 1.67. The highest BCUT2D eigenvalue weighted by molar-refractivity contribution is 6.62. The number of carbonyl (C=O) groups is 2. The number of benzene rings is 1. The lowest BCUT2D eigenvalue weighted by Gasteiger charge is -2.32. The third-order valence-electron chi connectivity index (χ3n) is 5.48. The lowest BCUT2D eigenvalue weighted by molar-refractivity contribution is -0.117. The van der Waals surface area contributed by atoms with E-state index in [0.717, 1.165) is 11.2 Å². The summed E-state index contributed by atoms with van der Waals surface area (Å²) in [4.78, 5) is 24.5. The molecule has 2 fully saturated rings. The number of carboxylic acid groups (broad SMARTS) is 1. The molecule has 2 N–H and O–H groups in total. The van der Waals surface area contributed by atoms with Crippen molar-refractivity contribution >= 4 is 30.3 Å². The first-order valence-corrected chi connectivity index (χ1v) is 8.82. The Hall–Kier alpha value is -2.06. The molecule has 140 valence electrons. The molecule has 0 aromatic heterocycles. The Morgan fingerprint density at radius 3 is 2.35 bits per heavy atom. The van der Waals surface area contributed by atoms with Gasteiger partial charge in [0, 0.05) is 31.1 Å². The van der Waals surface area contributed by atoms with E-state index in [0.29, 0.717) is 13.0 Å². The van der Waals surface area contributed by atoms with Crippen LogP contribution in [0.4, 0.5) is 10.5 Å². The Kier molecular flexibility index (Phi) is 4.75. The molecular weight excluding hydrogens is 335 g/mol. The SMILES string of the molecule is CC1(C)OB(c2ccc(N3CC(CNC(=O)O)CC3=O)cc2)OC1(C)C. The molecule has 1 aromatic carbocycles. The molecule has 2 heterocycles. The fourth-order valence-electron chi connectivity index (χ4n) is 3.19. The van der Waals surface area contributed by atoms with Crippen LogP contribution >= 0.6 is 0 Å². The van der Waals surface area contributed by atoms with E-state index in [1.807, 2.05) is 52.0 Å². The van der Waals surface area contributed by atoms with Crippen molar-refractivity contribution in [2.75, 3.05) is 18.0 Å². The van der Waals surface area contributed by atoms with Gasteiger partial charge in [-0.3, -0.25) is 4.79 Å². The van der Waals surface area contributed by atoms with Gasteiger partial charge in [-0.1, -0.05) is 12.1 Å². The maximum absolute atomic E-state index is 12.2. The van der Waals surface area contributed by atoms with Gasteiger partial charge in [0.1, 0.15) is 0 Å². The standard InChI is InChI=1S/C18H25BN2O5/c1-17(2)18(3,4)26-19(25-17)13-5-7-14(8-6-13)21-11-12(9-15(21)22)10-20-16(23)24/h5-8,12,20H,9-11H2,1-4H3,(H,23,24). The fourth-order valence-corrected chi connectivity index (χ4v) is 3.19. The van der Waals surface area contributed by atoms with Crippen molar-refractivity contribution in [2.24, 2.45) is 5.92 Å². The number of amides is 2. The van der Waals surface area contributed by atoms with Crippen LogP contribution < -0.4 is 15.7 Å². The average molecular weight is 360 g/mol. The summed E-state index contributed by atoms with van der Waals surface area (Å²) in [6, 6.07) is 7.58. The van der Waals surface area contributed by atoms with Crippen LogP contribution in [-0.2, 0) is 14.1 Å². The van der Waals surface area contributed by atoms with Gasteiger partial charge in [0.15, 0.2) is 0 Å². The monoisotopic (exact) mass is 360 g/mol. The molecule has 0 bridgehead atoms. The van der Waals surface area contributed by atoms with E-state index in [9.17, 15) is 9.59 Å². The summed E-state index contributed by atoms with van der Waals surface area (Å²) in [6.07, 6.45) is -0.720. The summed E-state index contributed by atoms with van der Waals surface area (Å²) in [5, 5.41) is 11.0. The van der Waals surface area contributed by atoms with Gasteiger partial charge in [-0.25, -0.2) is 4.79 Å². The normalized spacial score (nSPS) is 24.2. The predicted molar refractivity (Wildman–Crippen MR) is 98.6 cm³/mol. The molecular formula is C18H25BN2O5. The zero-order valence-electron chi connectivity index (χ0n) is 15.6. The minimum Gasteiger partial charge on any atom is -0.465 e. The maximum Gasteiger partial charge on any atom is 0.494 e. The van der Waals surface area contributed by atoms with Crippen LogP contribution in [0.25, 0.3) is 0 Å². The van der Waals surface area contributed by atoms with Crippen LogP contribution in [0.2, 0.25) is 0 Å². The van der Waals surface area contributed by atoms with E-state index in [-0.39, 0.29) is 18.4 Å². The topological polar surface area (TPSA) is 88.1 Å². The fraction of sp³-hybridized carbons (Fsp3) is 0.556. The van der Waals surface area contributed by atoms with E-state index < -0.39 is 24.4 Å². The van der Waals surface area contributed by atoms with Crippen LogP contribution in [0.1, 0.15) is 34.1 Å². The largest absolute Gasteiger partial charge is 0.494 e. The lowest BCUT2D eigenvalue weighted by atomic mass is 9.79. The van der Waals surface area contributed by atoms with E-state index in [4.69, 9.17) is 14.4 Å². The lowest BCUT2D eigenvalue weighted by Crippen LogP contribution is -2.41. The zero-order valence-corrected chi connectivity index (χ0v) is 15.6. The molecule has 2 amide bonds. The third-order valence-corrected chi connectivity index (χ3v) is 5.48. The summed E-state index contributed by atoms with van der Waals surface area (Å²) in [6.45, 7) is 8.83. The quantitative estimate of drug-likeness (QED) is 0.797. The van der Waals surface area contributed by atoms with Gasteiger partial charge in [-0.15, -0.1) is 0 Å². The maximum atomic E-state index is 12.2. The average Bonchev–Trinajstić information content (AvgIpc) is 3.02. The molecule has 2 aliphatic rings. The number of hydrogen-bond donors (Lipinski definition) is 2. The number of rotatable bonds is 4. The third kappa shape index (κ3) is 3.57. The van der Waals surface area contributed by atoms with Gasteiger partial charge in [0.2, 0.25) is 5.91 Å². The van der Waals surface area contributed by atoms with Gasteiger partial charge in [0.05, 0.1) is 11.2 Å². The Labute approximate surface area is 153 Å². The smallest absolute Gasteiger partial charge is 0.465 e. The predicted octanol–water partition coefficient (Wildman–Crippen LogP) is 1.61. The number of hydrogen-bond acceptors (Lipinski definition) is 4. The number of nitrogens with zero attached hydrogens (tertiary/aromatic N) is 1. The van der Waals surface area contributed by atoms with Crippen molar-refractivity contribution in [3.8, 4) is 0 Å². The van der Waals surface area contributed by atoms with Crippen molar-refractivity contribution < 1.29 is 24.0 Å². The molecule has 7 nitrogen and oxygen atoms in total. The van der Waals surface area contributed by atoms with E-state index in [1.54, 1.807) is 4.90 Å². The van der Waals surface area contributed by atoms with Crippen molar-refractivity contribution in [2.45, 2.75) is 45.3 Å². The van der Waals surface area contributed by atoms with Gasteiger partial charge in [-0.2, -0.15) is 0 Å². The second-order valence-corrected chi connectivity index (χ2v) is 7.94. The molecule has 1 aromatic rings. The van der Waals surface area contributed by atoms with Gasteiger partial charge in [-0.05, 0) is 45.3 Å². The molecule has 0 spiro atoms. The van der Waals surface area contributed by atoms with Crippen LogP contribution in [0.5, 0.6) is 0 Å². The molecule has 1 unspecified atom stereocenters. The van der Waals surface area contributed by atoms with E-state index in [2.05, 4.69) is 5.32 Å².